The van der Waals surface area contributed by atoms with Gasteiger partial charge in [-0.2, -0.15) is 0 Å². The molecule has 0 spiro atoms. The van der Waals surface area contributed by atoms with Crippen molar-refractivity contribution in [2.24, 2.45) is 0 Å². The normalized spacial score (nSPS) is 20.2. The van der Waals surface area contributed by atoms with E-state index in [9.17, 15) is 0 Å². The number of halogens is 1. The van der Waals surface area contributed by atoms with Gasteiger partial charge in [0, 0.05) is 50.9 Å². The molecule has 10 rings (SSSR count). The van der Waals surface area contributed by atoms with Crippen molar-refractivity contribution in [3.8, 4) is 0 Å². The molecule has 328 valence electrons. The molecule has 0 amide bonds. The van der Waals surface area contributed by atoms with Gasteiger partial charge in [0.15, 0.2) is 0 Å². The van der Waals surface area contributed by atoms with Crippen molar-refractivity contribution >= 4 is 68.6 Å². The molecule has 3 nitrogen and oxygen atoms in total. The molecule has 1 saturated carbocycles. The fraction of sp³-hybridized carbons (Fsp3) is 0.390. The minimum absolute atomic E-state index is 0.0175. The summed E-state index contributed by atoms with van der Waals surface area (Å²) in [6.07, 6.45) is 3.16. The first-order valence-electron chi connectivity index (χ1n) is 23.8. The first-order valence-corrected chi connectivity index (χ1v) is 23.8. The largest absolute Gasteiger partial charge is 0.334 e. The molecule has 0 aromatic heterocycles. The Kier molecular flexibility index (Phi) is 9.24. The van der Waals surface area contributed by atoms with Crippen LogP contribution in [0.1, 0.15) is 144 Å². The predicted octanol–water partition coefficient (Wildman–Crippen LogP) is 14.5. The average molecular weight is 848 g/mol. The summed E-state index contributed by atoms with van der Waals surface area (Å²) in [5.41, 5.74) is 19.3. The Morgan fingerprint density at radius 2 is 0.875 bits per heavy atom. The van der Waals surface area contributed by atoms with Crippen LogP contribution in [0.2, 0.25) is 0 Å². The smallest absolute Gasteiger partial charge is 0.252 e. The number of fused-ring (bicyclic) bond motifs is 7. The zero-order chi connectivity index (χ0) is 45.7. The van der Waals surface area contributed by atoms with Gasteiger partial charge in [0.1, 0.15) is 5.82 Å². The molecular weight excluding hydrogens is 780 g/mol. The first kappa shape index (κ1) is 42.7. The van der Waals surface area contributed by atoms with Crippen LogP contribution >= 0.6 is 0 Å². The van der Waals surface area contributed by atoms with E-state index in [2.05, 4.69) is 209 Å². The third-order valence-corrected chi connectivity index (χ3v) is 15.8. The zero-order valence-corrected chi connectivity index (χ0v) is 40.9. The third kappa shape index (κ3) is 6.33. The maximum atomic E-state index is 15.4. The standard InChI is InChI=1S/C59H67BFN3/c1-54(2,3)37-16-23-42(24-17-37)62-49-27-20-39(56(7,8)9)32-46(49)60-47-33-40(57(10,11)12)21-28-50(47)63(43-25-18-38(19-26-43)55(4,5)6)52-36-44(35-51(62)53(52)60)64-48-29-22-41(61)34-45(48)58(13)30-15-31-59(58,64)14/h16-29,32-36H,15,30-31H2,1-14H3. The van der Waals surface area contributed by atoms with Gasteiger partial charge >= 0.3 is 0 Å². The van der Waals surface area contributed by atoms with E-state index < -0.39 is 0 Å². The molecule has 3 aliphatic heterocycles. The highest BCUT2D eigenvalue weighted by atomic mass is 19.1. The summed E-state index contributed by atoms with van der Waals surface area (Å²) in [6, 6.07) is 43.7. The maximum Gasteiger partial charge on any atom is 0.252 e. The fourth-order valence-corrected chi connectivity index (χ4v) is 11.8. The van der Waals surface area contributed by atoms with E-state index in [1.54, 1.807) is 6.07 Å². The molecule has 1 aliphatic carbocycles. The van der Waals surface area contributed by atoms with Crippen molar-refractivity contribution in [3.05, 3.63) is 149 Å². The molecule has 2 unspecified atom stereocenters. The molecule has 6 aromatic carbocycles. The van der Waals surface area contributed by atoms with Gasteiger partial charge < -0.3 is 14.7 Å². The van der Waals surface area contributed by atoms with Gasteiger partial charge in [-0.15, -0.1) is 0 Å². The van der Waals surface area contributed by atoms with Crippen molar-refractivity contribution in [1.82, 2.24) is 0 Å². The monoisotopic (exact) mass is 848 g/mol. The van der Waals surface area contributed by atoms with E-state index >= 15 is 4.39 Å². The van der Waals surface area contributed by atoms with Crippen LogP contribution in [-0.4, -0.2) is 12.3 Å². The van der Waals surface area contributed by atoms with Crippen LogP contribution < -0.4 is 31.1 Å². The molecule has 0 N–H and O–H groups in total. The van der Waals surface area contributed by atoms with E-state index in [4.69, 9.17) is 0 Å². The van der Waals surface area contributed by atoms with Gasteiger partial charge in [-0.3, -0.25) is 0 Å². The average Bonchev–Trinajstić information content (AvgIpc) is 3.62. The second-order valence-electron chi connectivity index (χ2n) is 24.1. The number of benzene rings is 6. The molecule has 2 atom stereocenters. The van der Waals surface area contributed by atoms with Gasteiger partial charge in [-0.1, -0.05) is 145 Å². The SMILES string of the molecule is CC(C)(C)c1ccc(N2c3ccc(C(C)(C)C)cc3B3c4cc(C(C)(C)C)ccc4N(c4ccc(C(C)(C)C)cc4)c4cc(N5c6ccc(F)cc6C6(C)CCCC56C)cc2c43)cc1. The van der Waals surface area contributed by atoms with Crippen LogP contribution in [0.15, 0.2) is 115 Å². The number of rotatable bonds is 3. The summed E-state index contributed by atoms with van der Waals surface area (Å²) in [5.74, 6) is -0.160. The summed E-state index contributed by atoms with van der Waals surface area (Å²) >= 11 is 0. The van der Waals surface area contributed by atoms with E-state index in [-0.39, 0.29) is 45.1 Å². The van der Waals surface area contributed by atoms with Gasteiger partial charge in [-0.05, 0) is 152 Å². The number of anilines is 8. The molecule has 0 bridgehead atoms. The van der Waals surface area contributed by atoms with E-state index in [1.165, 1.54) is 61.4 Å². The highest BCUT2D eigenvalue weighted by Crippen LogP contribution is 2.63. The second-order valence-corrected chi connectivity index (χ2v) is 24.1. The quantitative estimate of drug-likeness (QED) is 0.164. The lowest BCUT2D eigenvalue weighted by molar-refractivity contribution is 0.330. The highest BCUT2D eigenvalue weighted by Gasteiger charge is 2.60. The Morgan fingerprint density at radius 3 is 1.31 bits per heavy atom. The Labute approximate surface area is 383 Å². The lowest BCUT2D eigenvalue weighted by atomic mass is 9.33. The van der Waals surface area contributed by atoms with Crippen LogP contribution in [-0.2, 0) is 27.1 Å². The van der Waals surface area contributed by atoms with Crippen molar-refractivity contribution in [2.45, 2.75) is 149 Å². The van der Waals surface area contributed by atoms with Crippen molar-refractivity contribution in [2.75, 3.05) is 14.7 Å². The minimum Gasteiger partial charge on any atom is -0.334 e. The third-order valence-electron chi connectivity index (χ3n) is 15.8. The molecule has 0 saturated heterocycles. The summed E-state index contributed by atoms with van der Waals surface area (Å²) in [5, 5.41) is 0. The maximum absolute atomic E-state index is 15.4. The van der Waals surface area contributed by atoms with Crippen LogP contribution in [0.25, 0.3) is 0 Å². The number of hydrogen-bond acceptors (Lipinski definition) is 3. The molecule has 4 aliphatic rings. The molecule has 1 fully saturated rings. The summed E-state index contributed by atoms with van der Waals surface area (Å²) in [6.45, 7) is 32.5. The van der Waals surface area contributed by atoms with Gasteiger partial charge in [0.05, 0.1) is 5.54 Å². The number of nitrogens with zero attached hydrogens (tertiary/aromatic N) is 3. The first-order chi connectivity index (χ1) is 29.9. The van der Waals surface area contributed by atoms with E-state index in [1.807, 2.05) is 12.1 Å². The Balaban J connectivity index is 1.34. The van der Waals surface area contributed by atoms with Crippen molar-refractivity contribution in [1.29, 1.82) is 0 Å². The zero-order valence-electron chi connectivity index (χ0n) is 40.9. The van der Waals surface area contributed by atoms with Crippen LogP contribution in [0, 0.1) is 5.82 Å². The second kappa shape index (κ2) is 13.9. The van der Waals surface area contributed by atoms with Crippen molar-refractivity contribution in [3.63, 3.8) is 0 Å². The molecular formula is C59H67BFN3. The topological polar surface area (TPSA) is 9.72 Å². The van der Waals surface area contributed by atoms with Crippen LogP contribution in [0.5, 0.6) is 0 Å². The lowest BCUT2D eigenvalue weighted by Gasteiger charge is -2.47. The molecule has 6 aromatic rings. The van der Waals surface area contributed by atoms with Gasteiger partial charge in [0.2, 0.25) is 0 Å². The molecule has 0 radical (unpaired) electrons. The minimum atomic E-state index is -0.246. The number of hydrogen-bond donors (Lipinski definition) is 0. The summed E-state index contributed by atoms with van der Waals surface area (Å²) in [7, 11) is 0. The highest BCUT2D eigenvalue weighted by molar-refractivity contribution is 7.00. The fourth-order valence-electron chi connectivity index (χ4n) is 11.8. The van der Waals surface area contributed by atoms with Crippen LogP contribution in [0.3, 0.4) is 0 Å². The summed E-state index contributed by atoms with van der Waals surface area (Å²) < 4.78 is 15.4. The summed E-state index contributed by atoms with van der Waals surface area (Å²) in [4.78, 5) is 7.73. The molecule has 5 heteroatoms. The van der Waals surface area contributed by atoms with Crippen molar-refractivity contribution < 1.29 is 4.39 Å². The van der Waals surface area contributed by atoms with Gasteiger partial charge in [0.25, 0.3) is 6.71 Å². The molecule has 64 heavy (non-hydrogen) atoms. The predicted molar refractivity (Wildman–Crippen MR) is 273 cm³/mol. The Morgan fingerprint density at radius 1 is 0.453 bits per heavy atom. The molecule has 3 heterocycles. The van der Waals surface area contributed by atoms with E-state index in [0.29, 0.717) is 0 Å². The Bertz CT molecular complexity index is 2700. The van der Waals surface area contributed by atoms with Gasteiger partial charge in [-0.25, -0.2) is 4.39 Å². The lowest BCUT2D eigenvalue weighted by Crippen LogP contribution is -2.62. The van der Waals surface area contributed by atoms with Crippen LogP contribution in [0.4, 0.5) is 49.9 Å². The van der Waals surface area contributed by atoms with E-state index in [0.717, 1.165) is 47.6 Å². The Hall–Kier alpha value is -5.29.